The molecule has 0 aliphatic carbocycles. The molecule has 2 aromatic heterocycles. The van der Waals surface area contributed by atoms with Crippen molar-refractivity contribution in [3.05, 3.63) is 106 Å². The fourth-order valence-corrected chi connectivity index (χ4v) is 3.82. The zero-order valence-corrected chi connectivity index (χ0v) is 18.0. The van der Waals surface area contributed by atoms with E-state index >= 15 is 0 Å². The maximum Gasteiger partial charge on any atom is 0.259 e. The molecule has 32 heavy (non-hydrogen) atoms. The fourth-order valence-electron chi connectivity index (χ4n) is 3.45. The Morgan fingerprint density at radius 1 is 1.03 bits per heavy atom. The second-order valence-electron chi connectivity index (χ2n) is 7.08. The van der Waals surface area contributed by atoms with Gasteiger partial charge in [-0.2, -0.15) is 4.98 Å². The SMILES string of the molecule is O=C(Nc1nc2n(n1)[C@@H](c1ccccc1Cl)C=C(c1ccc(Cl)cc1)N2)c1cccnc1. The van der Waals surface area contributed by atoms with E-state index in [2.05, 4.69) is 25.7 Å². The zero-order chi connectivity index (χ0) is 22.1. The number of halogens is 2. The second-order valence-corrected chi connectivity index (χ2v) is 7.92. The van der Waals surface area contributed by atoms with Crippen LogP contribution in [0.3, 0.4) is 0 Å². The van der Waals surface area contributed by atoms with Gasteiger partial charge in [0.15, 0.2) is 0 Å². The van der Waals surface area contributed by atoms with E-state index in [1.165, 1.54) is 6.20 Å². The van der Waals surface area contributed by atoms with Crippen LogP contribution >= 0.6 is 23.2 Å². The molecule has 0 saturated carbocycles. The summed E-state index contributed by atoms with van der Waals surface area (Å²) in [5.41, 5.74) is 3.03. The molecule has 0 bridgehead atoms. The molecule has 158 valence electrons. The third-order valence-corrected chi connectivity index (χ3v) is 5.59. The highest BCUT2D eigenvalue weighted by atomic mass is 35.5. The molecule has 9 heteroatoms. The van der Waals surface area contributed by atoms with E-state index in [4.69, 9.17) is 23.2 Å². The molecule has 0 saturated heterocycles. The molecule has 1 aliphatic rings. The number of aromatic nitrogens is 4. The van der Waals surface area contributed by atoms with E-state index in [9.17, 15) is 4.79 Å². The molecule has 0 fully saturated rings. The number of allylic oxidation sites excluding steroid dienone is 1. The van der Waals surface area contributed by atoms with Gasteiger partial charge >= 0.3 is 0 Å². The number of carbonyl (C=O) groups excluding carboxylic acids is 1. The van der Waals surface area contributed by atoms with E-state index in [1.807, 2.05) is 54.6 Å². The van der Waals surface area contributed by atoms with Crippen LogP contribution in [0, 0.1) is 0 Å². The van der Waals surface area contributed by atoms with E-state index in [0.29, 0.717) is 21.6 Å². The molecule has 2 aromatic carbocycles. The Morgan fingerprint density at radius 3 is 2.59 bits per heavy atom. The molecular formula is C23H16Cl2N6O. The van der Waals surface area contributed by atoms with Crippen LogP contribution in [0.25, 0.3) is 5.70 Å². The Morgan fingerprint density at radius 2 is 1.84 bits per heavy atom. The third-order valence-electron chi connectivity index (χ3n) is 4.99. The first-order chi connectivity index (χ1) is 15.6. The average molecular weight is 463 g/mol. The van der Waals surface area contributed by atoms with Crippen molar-refractivity contribution in [3.63, 3.8) is 0 Å². The van der Waals surface area contributed by atoms with Crippen molar-refractivity contribution >= 4 is 46.7 Å². The highest BCUT2D eigenvalue weighted by Gasteiger charge is 2.27. The van der Waals surface area contributed by atoms with Crippen molar-refractivity contribution < 1.29 is 4.79 Å². The molecule has 1 amide bonds. The first-order valence-corrected chi connectivity index (χ1v) is 10.5. The van der Waals surface area contributed by atoms with Crippen LogP contribution in [0.1, 0.15) is 27.5 Å². The highest BCUT2D eigenvalue weighted by molar-refractivity contribution is 6.31. The molecule has 0 spiro atoms. The molecule has 2 N–H and O–H groups in total. The quantitative estimate of drug-likeness (QED) is 0.430. The van der Waals surface area contributed by atoms with Gasteiger partial charge in [0.2, 0.25) is 5.95 Å². The van der Waals surface area contributed by atoms with Gasteiger partial charge in [-0.1, -0.05) is 53.5 Å². The maximum absolute atomic E-state index is 12.5. The summed E-state index contributed by atoms with van der Waals surface area (Å²) in [4.78, 5) is 21.0. The van der Waals surface area contributed by atoms with E-state index < -0.39 is 0 Å². The van der Waals surface area contributed by atoms with Gasteiger partial charge in [-0.3, -0.25) is 15.1 Å². The summed E-state index contributed by atoms with van der Waals surface area (Å²) in [6.07, 6.45) is 5.10. The first-order valence-electron chi connectivity index (χ1n) is 9.75. The number of carbonyl (C=O) groups is 1. The molecule has 0 unspecified atom stereocenters. The number of anilines is 2. The standard InChI is InChI=1S/C23H16Cl2N6O/c24-16-9-7-14(8-10-16)19-12-20(17-5-1-2-6-18(17)25)31-23(27-19)29-22(30-31)28-21(32)15-4-3-11-26-13-15/h1-13,20H,(H2,27,28,29,30,32)/t20-/m1/s1. The second kappa shape index (κ2) is 8.45. The van der Waals surface area contributed by atoms with Gasteiger partial charge in [-0.15, -0.1) is 5.10 Å². The Balaban J connectivity index is 1.53. The van der Waals surface area contributed by atoms with E-state index in [-0.39, 0.29) is 17.9 Å². The van der Waals surface area contributed by atoms with Crippen LogP contribution in [-0.2, 0) is 0 Å². The van der Waals surface area contributed by atoms with Crippen molar-refractivity contribution in [1.29, 1.82) is 0 Å². The van der Waals surface area contributed by atoms with Crippen molar-refractivity contribution in [2.75, 3.05) is 10.6 Å². The Bertz CT molecular complexity index is 1320. The van der Waals surface area contributed by atoms with Gasteiger partial charge < -0.3 is 5.32 Å². The number of fused-ring (bicyclic) bond motifs is 1. The lowest BCUT2D eigenvalue weighted by Gasteiger charge is -2.24. The molecular weight excluding hydrogens is 447 g/mol. The predicted molar refractivity (Wildman–Crippen MR) is 125 cm³/mol. The van der Waals surface area contributed by atoms with Gasteiger partial charge in [-0.05, 0) is 47.5 Å². The molecule has 7 nitrogen and oxygen atoms in total. The van der Waals surface area contributed by atoms with Crippen molar-refractivity contribution in [2.45, 2.75) is 6.04 Å². The van der Waals surface area contributed by atoms with Crippen LogP contribution in [-0.4, -0.2) is 25.7 Å². The summed E-state index contributed by atoms with van der Waals surface area (Å²) in [5.74, 6) is 0.300. The molecule has 3 heterocycles. The lowest BCUT2D eigenvalue weighted by atomic mass is 10.0. The van der Waals surface area contributed by atoms with Crippen LogP contribution < -0.4 is 10.6 Å². The number of rotatable bonds is 4. The number of benzene rings is 2. The molecule has 1 aliphatic heterocycles. The van der Waals surface area contributed by atoms with Crippen LogP contribution in [0.4, 0.5) is 11.9 Å². The van der Waals surface area contributed by atoms with Gasteiger partial charge in [0.25, 0.3) is 11.9 Å². The topological polar surface area (TPSA) is 84.7 Å². The highest BCUT2D eigenvalue weighted by Crippen LogP contribution is 2.36. The van der Waals surface area contributed by atoms with E-state index in [1.54, 1.807) is 23.0 Å². The number of pyridine rings is 1. The van der Waals surface area contributed by atoms with E-state index in [0.717, 1.165) is 16.8 Å². The Hall–Kier alpha value is -3.68. The fraction of sp³-hybridized carbons (Fsp3) is 0.0435. The third kappa shape index (κ3) is 3.95. The molecule has 5 rings (SSSR count). The van der Waals surface area contributed by atoms with Crippen LogP contribution in [0.2, 0.25) is 10.0 Å². The summed E-state index contributed by atoms with van der Waals surface area (Å²) in [6, 6.07) is 18.1. The van der Waals surface area contributed by atoms with Gasteiger partial charge in [0.05, 0.1) is 5.56 Å². The van der Waals surface area contributed by atoms with Crippen molar-refractivity contribution in [1.82, 2.24) is 19.7 Å². The normalized spacial score (nSPS) is 14.8. The van der Waals surface area contributed by atoms with Crippen molar-refractivity contribution in [2.24, 2.45) is 0 Å². The maximum atomic E-state index is 12.5. The number of nitrogens with zero attached hydrogens (tertiary/aromatic N) is 4. The molecule has 1 atom stereocenters. The molecule has 0 radical (unpaired) electrons. The monoisotopic (exact) mass is 462 g/mol. The molecule has 4 aromatic rings. The van der Waals surface area contributed by atoms with Crippen molar-refractivity contribution in [3.8, 4) is 0 Å². The van der Waals surface area contributed by atoms with Gasteiger partial charge in [0, 0.05) is 28.1 Å². The smallest absolute Gasteiger partial charge is 0.259 e. The zero-order valence-electron chi connectivity index (χ0n) is 16.5. The van der Waals surface area contributed by atoms with Gasteiger partial charge in [0.1, 0.15) is 6.04 Å². The Labute approximate surface area is 193 Å². The predicted octanol–water partition coefficient (Wildman–Crippen LogP) is 5.29. The minimum absolute atomic E-state index is 0.171. The lowest BCUT2D eigenvalue weighted by molar-refractivity contribution is 0.102. The average Bonchev–Trinajstić information content (AvgIpc) is 3.22. The number of hydrogen-bond acceptors (Lipinski definition) is 5. The Kier molecular flexibility index (Phi) is 5.34. The minimum atomic E-state index is -0.346. The van der Waals surface area contributed by atoms with Gasteiger partial charge in [-0.25, -0.2) is 4.68 Å². The first kappa shape index (κ1) is 20.2. The summed E-state index contributed by atoms with van der Waals surface area (Å²) < 4.78 is 1.69. The number of amides is 1. The van der Waals surface area contributed by atoms with Crippen LogP contribution in [0.15, 0.2) is 79.1 Å². The summed E-state index contributed by atoms with van der Waals surface area (Å²) in [5, 5.41) is 11.8. The largest absolute Gasteiger partial charge is 0.324 e. The lowest BCUT2D eigenvalue weighted by Crippen LogP contribution is -2.20. The summed E-state index contributed by atoms with van der Waals surface area (Å²) in [7, 11) is 0. The van der Waals surface area contributed by atoms with Crippen LogP contribution in [0.5, 0.6) is 0 Å². The summed E-state index contributed by atoms with van der Waals surface area (Å²) in [6.45, 7) is 0. The number of hydrogen-bond donors (Lipinski definition) is 2. The summed E-state index contributed by atoms with van der Waals surface area (Å²) >= 11 is 12.6. The number of nitrogens with one attached hydrogen (secondary N) is 2. The minimum Gasteiger partial charge on any atom is -0.324 e.